The molecule has 0 aromatic heterocycles. The monoisotopic (exact) mass is 412 g/mol. The summed E-state index contributed by atoms with van der Waals surface area (Å²) in [5.74, 6) is -1.01. The van der Waals surface area contributed by atoms with Crippen LogP contribution in [0.5, 0.6) is 0 Å². The Bertz CT molecular complexity index is 840. The van der Waals surface area contributed by atoms with Crippen molar-refractivity contribution in [3.8, 4) is 0 Å². The maximum Gasteiger partial charge on any atom is 0.416 e. The Kier molecular flexibility index (Phi) is 7.45. The summed E-state index contributed by atoms with van der Waals surface area (Å²) >= 11 is 5.94. The van der Waals surface area contributed by atoms with Gasteiger partial charge in [0.05, 0.1) is 28.7 Å². The lowest BCUT2D eigenvalue weighted by molar-refractivity contribution is -0.137. The van der Waals surface area contributed by atoms with Crippen molar-refractivity contribution < 1.29 is 22.8 Å². The first-order valence-corrected chi connectivity index (χ1v) is 9.09. The Balaban J connectivity index is 2.03. The van der Waals surface area contributed by atoms with Crippen LogP contribution in [0, 0.1) is 0 Å². The molecule has 0 aliphatic rings. The second-order valence-electron chi connectivity index (χ2n) is 6.19. The summed E-state index contributed by atoms with van der Waals surface area (Å²) in [4.78, 5) is 24.3. The largest absolute Gasteiger partial charge is 0.416 e. The van der Waals surface area contributed by atoms with Crippen LogP contribution in [0.2, 0.25) is 5.02 Å². The number of carbonyl (C=O) groups excluding carboxylic acids is 2. The molecular weight excluding hydrogens is 393 g/mol. The van der Waals surface area contributed by atoms with Crippen molar-refractivity contribution in [3.63, 3.8) is 0 Å². The number of benzene rings is 2. The molecular formula is C20H20ClF3N2O2. The number of halogens is 4. The Morgan fingerprint density at radius 1 is 1.11 bits per heavy atom. The van der Waals surface area contributed by atoms with E-state index >= 15 is 0 Å². The van der Waals surface area contributed by atoms with Gasteiger partial charge in [0.25, 0.3) is 5.91 Å². The number of alkyl halides is 3. The SMILES string of the molecule is CCCC(NC(=O)CNC(=O)c1ccccc1Cl)c1cccc(C(F)(F)F)c1. The molecule has 0 bridgehead atoms. The van der Waals surface area contributed by atoms with Gasteiger partial charge in [-0.15, -0.1) is 0 Å². The van der Waals surface area contributed by atoms with Crippen LogP contribution in [0.25, 0.3) is 0 Å². The molecule has 2 amide bonds. The van der Waals surface area contributed by atoms with Gasteiger partial charge < -0.3 is 10.6 Å². The Morgan fingerprint density at radius 2 is 1.82 bits per heavy atom. The molecule has 0 saturated heterocycles. The van der Waals surface area contributed by atoms with Crippen molar-refractivity contribution in [1.82, 2.24) is 10.6 Å². The molecule has 4 nitrogen and oxygen atoms in total. The maximum absolute atomic E-state index is 12.9. The number of nitrogens with one attached hydrogen (secondary N) is 2. The molecule has 1 atom stereocenters. The number of hydrogen-bond donors (Lipinski definition) is 2. The quantitative estimate of drug-likeness (QED) is 0.689. The molecule has 2 N–H and O–H groups in total. The van der Waals surface area contributed by atoms with Gasteiger partial charge in [0.2, 0.25) is 5.91 Å². The molecule has 0 saturated carbocycles. The zero-order valence-electron chi connectivity index (χ0n) is 15.1. The van der Waals surface area contributed by atoms with Gasteiger partial charge >= 0.3 is 6.18 Å². The summed E-state index contributed by atoms with van der Waals surface area (Å²) in [5.41, 5.74) is -0.171. The van der Waals surface area contributed by atoms with E-state index in [1.165, 1.54) is 18.2 Å². The van der Waals surface area contributed by atoms with Gasteiger partial charge in [0.1, 0.15) is 0 Å². The van der Waals surface area contributed by atoms with E-state index in [0.717, 1.165) is 12.1 Å². The van der Waals surface area contributed by atoms with Gasteiger partial charge in [-0.1, -0.05) is 49.2 Å². The van der Waals surface area contributed by atoms with Crippen LogP contribution >= 0.6 is 11.6 Å². The van der Waals surface area contributed by atoms with E-state index in [9.17, 15) is 22.8 Å². The van der Waals surface area contributed by atoms with Crippen molar-refractivity contribution in [3.05, 3.63) is 70.2 Å². The summed E-state index contributed by atoms with van der Waals surface area (Å²) in [5, 5.41) is 5.40. The predicted octanol–water partition coefficient (Wildman–Crippen LogP) is 4.75. The Labute approximate surface area is 166 Å². The van der Waals surface area contributed by atoms with Crippen molar-refractivity contribution in [2.45, 2.75) is 32.0 Å². The molecule has 8 heteroatoms. The number of carbonyl (C=O) groups is 2. The first-order valence-electron chi connectivity index (χ1n) is 8.71. The number of rotatable bonds is 7. The Hall–Kier alpha value is -2.54. The standard InChI is InChI=1S/C20H20ClF3N2O2/c1-2-6-17(13-7-5-8-14(11-13)20(22,23)24)26-18(27)12-25-19(28)15-9-3-4-10-16(15)21/h3-5,7-11,17H,2,6,12H2,1H3,(H,25,28)(H,26,27). The summed E-state index contributed by atoms with van der Waals surface area (Å²) in [7, 11) is 0. The minimum atomic E-state index is -4.46. The zero-order chi connectivity index (χ0) is 20.7. The lowest BCUT2D eigenvalue weighted by Gasteiger charge is -2.20. The molecule has 1 unspecified atom stereocenters. The van der Waals surface area contributed by atoms with Crippen molar-refractivity contribution in [1.29, 1.82) is 0 Å². The zero-order valence-corrected chi connectivity index (χ0v) is 15.9. The predicted molar refractivity (Wildman–Crippen MR) is 101 cm³/mol. The van der Waals surface area contributed by atoms with Crippen LogP contribution in [0.15, 0.2) is 48.5 Å². The van der Waals surface area contributed by atoms with Gasteiger partial charge in [-0.3, -0.25) is 9.59 Å². The first kappa shape index (κ1) is 21.8. The topological polar surface area (TPSA) is 58.2 Å². The third kappa shape index (κ3) is 5.99. The number of hydrogen-bond acceptors (Lipinski definition) is 2. The normalized spacial score (nSPS) is 12.3. The van der Waals surface area contributed by atoms with Gasteiger partial charge in [-0.05, 0) is 36.2 Å². The molecule has 0 radical (unpaired) electrons. The average molecular weight is 413 g/mol. The van der Waals surface area contributed by atoms with Crippen LogP contribution in [0.4, 0.5) is 13.2 Å². The smallest absolute Gasteiger partial charge is 0.348 e. The summed E-state index contributed by atoms with van der Waals surface area (Å²) in [6, 6.07) is 10.7. The fourth-order valence-corrected chi connectivity index (χ4v) is 2.91. The second-order valence-corrected chi connectivity index (χ2v) is 6.60. The van der Waals surface area contributed by atoms with Gasteiger partial charge in [-0.25, -0.2) is 0 Å². The van der Waals surface area contributed by atoms with Crippen molar-refractivity contribution >= 4 is 23.4 Å². The van der Waals surface area contributed by atoms with E-state index in [-0.39, 0.29) is 17.1 Å². The third-order valence-corrected chi connectivity index (χ3v) is 4.39. The molecule has 0 spiro atoms. The van der Waals surface area contributed by atoms with Crippen molar-refractivity contribution in [2.24, 2.45) is 0 Å². The maximum atomic E-state index is 12.9. The van der Waals surface area contributed by atoms with Crippen LogP contribution < -0.4 is 10.6 Å². The highest BCUT2D eigenvalue weighted by atomic mass is 35.5. The van der Waals surface area contributed by atoms with E-state index in [0.29, 0.717) is 18.4 Å². The van der Waals surface area contributed by atoms with Crippen LogP contribution in [0.3, 0.4) is 0 Å². The highest BCUT2D eigenvalue weighted by Gasteiger charge is 2.31. The minimum absolute atomic E-state index is 0.236. The molecule has 0 aliphatic heterocycles. The van der Waals surface area contributed by atoms with E-state index < -0.39 is 29.6 Å². The molecule has 0 fully saturated rings. The highest BCUT2D eigenvalue weighted by molar-refractivity contribution is 6.33. The summed E-state index contributed by atoms with van der Waals surface area (Å²) in [6.45, 7) is 1.55. The fraction of sp³-hybridized carbons (Fsp3) is 0.300. The van der Waals surface area contributed by atoms with Crippen LogP contribution in [-0.4, -0.2) is 18.4 Å². The van der Waals surface area contributed by atoms with E-state index in [2.05, 4.69) is 10.6 Å². The average Bonchev–Trinajstić information content (AvgIpc) is 2.65. The lowest BCUT2D eigenvalue weighted by Crippen LogP contribution is -2.38. The van der Waals surface area contributed by atoms with Crippen LogP contribution in [-0.2, 0) is 11.0 Å². The van der Waals surface area contributed by atoms with E-state index in [1.54, 1.807) is 18.2 Å². The third-order valence-electron chi connectivity index (χ3n) is 4.06. The van der Waals surface area contributed by atoms with Gasteiger partial charge in [0.15, 0.2) is 0 Å². The Morgan fingerprint density at radius 3 is 2.46 bits per heavy atom. The summed E-state index contributed by atoms with van der Waals surface area (Å²) < 4.78 is 38.8. The van der Waals surface area contributed by atoms with E-state index in [1.807, 2.05) is 6.92 Å². The molecule has 28 heavy (non-hydrogen) atoms. The lowest BCUT2D eigenvalue weighted by atomic mass is 10.00. The summed E-state index contributed by atoms with van der Waals surface area (Å²) in [6.07, 6.45) is -3.33. The molecule has 0 aliphatic carbocycles. The molecule has 150 valence electrons. The molecule has 2 rings (SSSR count). The fourth-order valence-electron chi connectivity index (χ4n) is 2.69. The molecule has 2 aromatic carbocycles. The molecule has 0 heterocycles. The van der Waals surface area contributed by atoms with E-state index in [4.69, 9.17) is 11.6 Å². The second kappa shape index (κ2) is 9.59. The molecule has 2 aromatic rings. The van der Waals surface area contributed by atoms with Crippen molar-refractivity contribution in [2.75, 3.05) is 6.54 Å². The first-order chi connectivity index (χ1) is 13.2. The highest BCUT2D eigenvalue weighted by Crippen LogP contribution is 2.31. The number of amides is 2. The minimum Gasteiger partial charge on any atom is -0.348 e. The van der Waals surface area contributed by atoms with Gasteiger partial charge in [-0.2, -0.15) is 13.2 Å². The van der Waals surface area contributed by atoms with Crippen LogP contribution in [0.1, 0.15) is 47.3 Å². The van der Waals surface area contributed by atoms with Gasteiger partial charge in [0, 0.05) is 0 Å².